The quantitative estimate of drug-likeness (QED) is 0.769. The number of rotatable bonds is 7. The average Bonchev–Trinajstić information content (AvgIpc) is 3.00. The molecule has 8 heteroatoms. The van der Waals surface area contributed by atoms with Crippen LogP contribution in [0.5, 0.6) is 0 Å². The molecule has 1 atom stereocenters. The van der Waals surface area contributed by atoms with Gasteiger partial charge in [-0.05, 0) is 42.8 Å². The first-order valence-electron chi connectivity index (χ1n) is 7.83. The van der Waals surface area contributed by atoms with Crippen molar-refractivity contribution in [2.75, 3.05) is 20.6 Å². The number of nitrogens with one attached hydrogen (secondary N) is 1. The predicted octanol–water partition coefficient (Wildman–Crippen LogP) is 1.13. The maximum absolute atomic E-state index is 12.1. The van der Waals surface area contributed by atoms with Gasteiger partial charge in [0.15, 0.2) is 0 Å². The number of aromatic nitrogens is 1. The van der Waals surface area contributed by atoms with Crippen LogP contribution in [-0.2, 0) is 17.1 Å². The van der Waals surface area contributed by atoms with E-state index in [1.54, 1.807) is 0 Å². The molecule has 1 heterocycles. The number of sulfonamides is 1. The van der Waals surface area contributed by atoms with Crippen LogP contribution < -0.4 is 5.32 Å². The summed E-state index contributed by atoms with van der Waals surface area (Å²) in [7, 11) is 1.24. The van der Waals surface area contributed by atoms with E-state index in [0.29, 0.717) is 18.5 Å². The van der Waals surface area contributed by atoms with Crippen LogP contribution in [-0.4, -0.2) is 48.9 Å². The van der Waals surface area contributed by atoms with Crippen LogP contribution >= 0.6 is 0 Å². The van der Waals surface area contributed by atoms with Crippen molar-refractivity contribution in [3.63, 3.8) is 0 Å². The number of carbonyl (C=O) groups is 1. The van der Waals surface area contributed by atoms with Crippen molar-refractivity contribution < 1.29 is 18.3 Å². The van der Waals surface area contributed by atoms with Crippen molar-refractivity contribution in [3.8, 4) is 0 Å². The summed E-state index contributed by atoms with van der Waals surface area (Å²) in [5.41, 5.74) is 1.15. The van der Waals surface area contributed by atoms with Crippen LogP contribution in [0.15, 0.2) is 47.5 Å². The van der Waals surface area contributed by atoms with Crippen molar-refractivity contribution in [1.82, 2.24) is 14.2 Å². The smallest absolute Gasteiger partial charge is 0.251 e. The molecule has 0 saturated carbocycles. The first-order chi connectivity index (χ1) is 11.7. The number of aliphatic hydroxyl groups is 1. The Kier molecular flexibility index (Phi) is 5.99. The number of amides is 1. The molecule has 1 aromatic heterocycles. The first kappa shape index (κ1) is 19.2. The van der Waals surface area contributed by atoms with E-state index >= 15 is 0 Å². The molecule has 25 heavy (non-hydrogen) atoms. The molecular formula is C17H23N3O4S. The third-order valence-corrected chi connectivity index (χ3v) is 5.75. The molecule has 0 aliphatic heterocycles. The number of hydrogen-bond donors (Lipinski definition) is 2. The number of aryl methyl sites for hydroxylation is 1. The lowest BCUT2D eigenvalue weighted by Crippen LogP contribution is -2.26. The van der Waals surface area contributed by atoms with Crippen LogP contribution in [0.4, 0.5) is 0 Å². The zero-order chi connectivity index (χ0) is 18.6. The van der Waals surface area contributed by atoms with Gasteiger partial charge in [-0.25, -0.2) is 12.7 Å². The number of nitrogens with zero attached hydrogens (tertiary/aromatic N) is 2. The molecule has 0 aliphatic rings. The van der Waals surface area contributed by atoms with Gasteiger partial charge in [0, 0.05) is 45.1 Å². The molecule has 0 spiro atoms. The molecule has 1 unspecified atom stereocenters. The fraction of sp³-hybridized carbons (Fsp3) is 0.353. The van der Waals surface area contributed by atoms with Crippen LogP contribution in [0.25, 0.3) is 0 Å². The van der Waals surface area contributed by atoms with Gasteiger partial charge < -0.3 is 15.0 Å². The van der Waals surface area contributed by atoms with Gasteiger partial charge in [0.25, 0.3) is 5.91 Å². The summed E-state index contributed by atoms with van der Waals surface area (Å²) in [4.78, 5) is 12.2. The Morgan fingerprint density at radius 3 is 2.40 bits per heavy atom. The summed E-state index contributed by atoms with van der Waals surface area (Å²) in [5, 5.41) is 12.8. The van der Waals surface area contributed by atoms with Gasteiger partial charge in [-0.2, -0.15) is 0 Å². The van der Waals surface area contributed by atoms with Crippen LogP contribution in [0, 0.1) is 0 Å². The monoisotopic (exact) mass is 365 g/mol. The molecule has 2 aromatic rings. The summed E-state index contributed by atoms with van der Waals surface area (Å²) >= 11 is 0. The molecule has 0 saturated heterocycles. The van der Waals surface area contributed by atoms with Gasteiger partial charge in [-0.1, -0.05) is 0 Å². The second-order valence-electron chi connectivity index (χ2n) is 5.92. The molecule has 2 rings (SSSR count). The SMILES string of the molecule is CN(C)S(=O)(=O)c1ccc(C(=O)NCCC(O)c2cccn2C)cc1. The standard InChI is InChI=1S/C17H23N3O4S/c1-19(2)25(23,24)14-8-6-13(7-9-14)17(22)18-11-10-16(21)15-5-4-12-20(15)3/h4-9,12,16,21H,10-11H2,1-3H3,(H,18,22). The van der Waals surface area contributed by atoms with Crippen molar-refractivity contribution >= 4 is 15.9 Å². The highest BCUT2D eigenvalue weighted by Gasteiger charge is 2.17. The Labute approximate surface area is 147 Å². The fourth-order valence-electron chi connectivity index (χ4n) is 2.38. The Morgan fingerprint density at radius 2 is 1.88 bits per heavy atom. The minimum atomic E-state index is -3.51. The van der Waals surface area contributed by atoms with E-state index in [1.165, 1.54) is 38.4 Å². The lowest BCUT2D eigenvalue weighted by molar-refractivity contribution is 0.0941. The molecule has 0 fully saturated rings. The second kappa shape index (κ2) is 7.81. The van der Waals surface area contributed by atoms with E-state index < -0.39 is 16.1 Å². The summed E-state index contributed by atoms with van der Waals surface area (Å²) in [5.74, 6) is -0.312. The van der Waals surface area contributed by atoms with Crippen molar-refractivity contribution in [1.29, 1.82) is 0 Å². The fourth-order valence-corrected chi connectivity index (χ4v) is 3.28. The normalized spacial score (nSPS) is 13.0. The molecule has 7 nitrogen and oxygen atoms in total. The zero-order valence-corrected chi connectivity index (χ0v) is 15.3. The topological polar surface area (TPSA) is 91.6 Å². The Hall–Kier alpha value is -2.16. The van der Waals surface area contributed by atoms with Gasteiger partial charge >= 0.3 is 0 Å². The van der Waals surface area contributed by atoms with E-state index in [1.807, 2.05) is 29.9 Å². The zero-order valence-electron chi connectivity index (χ0n) is 14.5. The summed E-state index contributed by atoms with van der Waals surface area (Å²) < 4.78 is 26.9. The maximum atomic E-state index is 12.1. The number of carbonyl (C=O) groups excluding carboxylic acids is 1. The Bertz CT molecular complexity index is 826. The molecule has 0 radical (unpaired) electrons. The number of benzene rings is 1. The lowest BCUT2D eigenvalue weighted by Gasteiger charge is -2.13. The second-order valence-corrected chi connectivity index (χ2v) is 8.07. The minimum Gasteiger partial charge on any atom is -0.387 e. The number of aliphatic hydroxyl groups excluding tert-OH is 1. The third-order valence-electron chi connectivity index (χ3n) is 3.92. The van der Waals surface area contributed by atoms with E-state index in [-0.39, 0.29) is 10.8 Å². The van der Waals surface area contributed by atoms with Crippen molar-refractivity contribution in [2.24, 2.45) is 7.05 Å². The largest absolute Gasteiger partial charge is 0.387 e. The Morgan fingerprint density at radius 1 is 1.24 bits per heavy atom. The van der Waals surface area contributed by atoms with Gasteiger partial charge in [0.05, 0.1) is 11.0 Å². The molecule has 1 aromatic carbocycles. The molecule has 136 valence electrons. The lowest BCUT2D eigenvalue weighted by atomic mass is 10.1. The average molecular weight is 365 g/mol. The highest BCUT2D eigenvalue weighted by molar-refractivity contribution is 7.89. The Balaban J connectivity index is 1.92. The highest BCUT2D eigenvalue weighted by atomic mass is 32.2. The molecular weight excluding hydrogens is 342 g/mol. The summed E-state index contributed by atoms with van der Waals surface area (Å²) in [6, 6.07) is 9.43. The molecule has 1 amide bonds. The third kappa shape index (κ3) is 4.47. The van der Waals surface area contributed by atoms with Crippen LogP contribution in [0.2, 0.25) is 0 Å². The van der Waals surface area contributed by atoms with Crippen LogP contribution in [0.1, 0.15) is 28.6 Å². The van der Waals surface area contributed by atoms with E-state index in [9.17, 15) is 18.3 Å². The summed E-state index contributed by atoms with van der Waals surface area (Å²) in [6.45, 7) is 0.308. The van der Waals surface area contributed by atoms with Crippen molar-refractivity contribution in [2.45, 2.75) is 17.4 Å². The molecule has 0 bridgehead atoms. The van der Waals surface area contributed by atoms with E-state index in [2.05, 4.69) is 5.32 Å². The van der Waals surface area contributed by atoms with Gasteiger partial charge in [-0.15, -0.1) is 0 Å². The molecule has 0 aliphatic carbocycles. The minimum absolute atomic E-state index is 0.133. The molecule has 2 N–H and O–H groups in total. The summed E-state index contributed by atoms with van der Waals surface area (Å²) in [6.07, 6.45) is 1.57. The first-order valence-corrected chi connectivity index (χ1v) is 9.27. The predicted molar refractivity (Wildman–Crippen MR) is 94.6 cm³/mol. The van der Waals surface area contributed by atoms with Gasteiger partial charge in [0.2, 0.25) is 10.0 Å². The number of hydrogen-bond acceptors (Lipinski definition) is 4. The van der Waals surface area contributed by atoms with Crippen molar-refractivity contribution in [3.05, 3.63) is 53.9 Å². The van der Waals surface area contributed by atoms with E-state index in [0.717, 1.165) is 10.00 Å². The highest BCUT2D eigenvalue weighted by Crippen LogP contribution is 2.16. The van der Waals surface area contributed by atoms with E-state index in [4.69, 9.17) is 0 Å². The van der Waals surface area contributed by atoms with Gasteiger partial charge in [0.1, 0.15) is 0 Å². The maximum Gasteiger partial charge on any atom is 0.251 e. The van der Waals surface area contributed by atoms with Gasteiger partial charge in [-0.3, -0.25) is 4.79 Å². The van der Waals surface area contributed by atoms with Crippen LogP contribution in [0.3, 0.4) is 0 Å².